The summed E-state index contributed by atoms with van der Waals surface area (Å²) in [5.41, 5.74) is 3.35. The van der Waals surface area contributed by atoms with E-state index in [1.165, 1.54) is 0 Å². The smallest absolute Gasteiger partial charge is 0.172 e. The minimum atomic E-state index is 0.643. The molecule has 0 saturated carbocycles. The number of halogens is 1. The molecule has 7 heteroatoms. The van der Waals surface area contributed by atoms with E-state index in [-0.39, 0.29) is 0 Å². The van der Waals surface area contributed by atoms with Gasteiger partial charge in [-0.15, -0.1) is 10.2 Å². The van der Waals surface area contributed by atoms with Crippen LogP contribution >= 0.6 is 23.8 Å². The summed E-state index contributed by atoms with van der Waals surface area (Å²) < 4.78 is 0. The van der Waals surface area contributed by atoms with E-state index in [9.17, 15) is 0 Å². The molecule has 22 heavy (non-hydrogen) atoms. The van der Waals surface area contributed by atoms with Crippen LogP contribution in [0, 0.1) is 0 Å². The van der Waals surface area contributed by atoms with Crippen molar-refractivity contribution >= 4 is 45.7 Å². The van der Waals surface area contributed by atoms with Gasteiger partial charge in [-0.1, -0.05) is 11.6 Å². The second-order valence-electron chi connectivity index (χ2n) is 4.99. The Kier molecular flexibility index (Phi) is 3.96. The highest BCUT2D eigenvalue weighted by Crippen LogP contribution is 2.18. The molecule has 0 amide bonds. The maximum absolute atomic E-state index is 5.90. The van der Waals surface area contributed by atoms with Crippen LogP contribution in [0.25, 0.3) is 16.7 Å². The van der Waals surface area contributed by atoms with Crippen molar-refractivity contribution < 1.29 is 0 Å². The van der Waals surface area contributed by atoms with E-state index in [0.717, 1.165) is 22.4 Å². The summed E-state index contributed by atoms with van der Waals surface area (Å²) in [4.78, 5) is 3.43. The number of hydrogen-bond acceptors (Lipinski definition) is 3. The Morgan fingerprint density at radius 2 is 1.77 bits per heavy atom. The number of thiocarbonyl (C=S) groups is 1. The van der Waals surface area contributed by atoms with Crippen LogP contribution in [0.5, 0.6) is 0 Å². The van der Waals surface area contributed by atoms with Crippen molar-refractivity contribution in [3.63, 3.8) is 0 Å². The van der Waals surface area contributed by atoms with Gasteiger partial charge < -0.3 is 10.2 Å². The average Bonchev–Trinajstić information content (AvgIpc) is 2.91. The molecule has 112 valence electrons. The van der Waals surface area contributed by atoms with Gasteiger partial charge in [0.2, 0.25) is 0 Å². The minimum absolute atomic E-state index is 0.643. The second kappa shape index (κ2) is 5.90. The lowest BCUT2D eigenvalue weighted by atomic mass is 10.3. The number of nitrogens with zero attached hydrogens (tertiary/aromatic N) is 4. The summed E-state index contributed by atoms with van der Waals surface area (Å²) in [5.74, 6) is 0. The van der Waals surface area contributed by atoms with Gasteiger partial charge in [-0.25, -0.2) is 0 Å². The zero-order valence-corrected chi connectivity index (χ0v) is 13.7. The minimum Gasteiger partial charge on any atom is -0.355 e. The summed E-state index contributed by atoms with van der Waals surface area (Å²) in [6.07, 6.45) is 0. The number of rotatable bonds is 2. The third kappa shape index (κ3) is 3.03. The third-order valence-corrected chi connectivity index (χ3v) is 3.81. The topological polar surface area (TPSA) is 46.0 Å². The Morgan fingerprint density at radius 3 is 2.45 bits per heavy atom. The van der Waals surface area contributed by atoms with Crippen molar-refractivity contribution in [1.82, 2.24) is 19.9 Å². The first-order valence-electron chi connectivity index (χ1n) is 6.64. The molecule has 1 N–H and O–H groups in total. The van der Waals surface area contributed by atoms with Crippen LogP contribution in [-0.4, -0.2) is 39.1 Å². The Balaban J connectivity index is 1.93. The zero-order chi connectivity index (χ0) is 15.7. The molecule has 0 atom stereocenters. The molecule has 3 aromatic rings. The summed E-state index contributed by atoms with van der Waals surface area (Å²) >= 11 is 11.1. The molecule has 3 rings (SSSR count). The van der Waals surface area contributed by atoms with Crippen molar-refractivity contribution in [2.24, 2.45) is 0 Å². The Morgan fingerprint density at radius 1 is 1.09 bits per heavy atom. The van der Waals surface area contributed by atoms with E-state index in [4.69, 9.17) is 23.8 Å². The molecule has 0 fully saturated rings. The van der Waals surface area contributed by atoms with E-state index < -0.39 is 0 Å². The molecule has 1 aromatic heterocycles. The van der Waals surface area contributed by atoms with E-state index in [1.54, 1.807) is 4.80 Å². The fourth-order valence-electron chi connectivity index (χ4n) is 1.92. The number of fused-ring (bicyclic) bond motifs is 1. The highest BCUT2D eigenvalue weighted by molar-refractivity contribution is 7.80. The van der Waals surface area contributed by atoms with Crippen LogP contribution in [-0.2, 0) is 0 Å². The van der Waals surface area contributed by atoms with Gasteiger partial charge in [0.25, 0.3) is 0 Å². The summed E-state index contributed by atoms with van der Waals surface area (Å²) in [5, 5.41) is 13.4. The van der Waals surface area contributed by atoms with Crippen molar-refractivity contribution in [2.75, 3.05) is 19.4 Å². The maximum atomic E-state index is 5.90. The number of benzene rings is 2. The van der Waals surface area contributed by atoms with Crippen molar-refractivity contribution in [3.05, 3.63) is 47.5 Å². The number of aromatic nitrogens is 3. The molecule has 0 aliphatic heterocycles. The van der Waals surface area contributed by atoms with Crippen LogP contribution in [0.2, 0.25) is 5.02 Å². The van der Waals surface area contributed by atoms with Crippen LogP contribution in [0.1, 0.15) is 0 Å². The molecule has 5 nitrogen and oxygen atoms in total. The largest absolute Gasteiger partial charge is 0.355 e. The molecule has 0 aliphatic carbocycles. The van der Waals surface area contributed by atoms with Gasteiger partial charge in [-0.05, 0) is 54.7 Å². The predicted octanol–water partition coefficient (Wildman–Crippen LogP) is 3.33. The maximum Gasteiger partial charge on any atom is 0.172 e. The molecule has 0 radical (unpaired) electrons. The molecule has 2 aromatic carbocycles. The first kappa shape index (κ1) is 14.7. The standard InChI is InChI=1S/C15H14ClN5S/c1-20(2)15(22)17-11-5-8-13-14(9-11)19-21(18-13)12-6-3-10(16)4-7-12/h3-9H,1-2H3,(H,17,22). The summed E-state index contributed by atoms with van der Waals surface area (Å²) in [7, 11) is 3.79. The van der Waals surface area contributed by atoms with E-state index in [2.05, 4.69) is 15.5 Å². The second-order valence-corrected chi connectivity index (χ2v) is 5.82. The number of hydrogen-bond donors (Lipinski definition) is 1. The quantitative estimate of drug-likeness (QED) is 0.730. The molecule has 0 saturated heterocycles. The van der Waals surface area contributed by atoms with Crippen molar-refractivity contribution in [2.45, 2.75) is 0 Å². The van der Waals surface area contributed by atoms with Crippen molar-refractivity contribution in [3.8, 4) is 5.69 Å². The van der Waals surface area contributed by atoms with Crippen LogP contribution in [0.4, 0.5) is 5.69 Å². The fourth-order valence-corrected chi connectivity index (χ4v) is 2.16. The molecule has 0 spiro atoms. The van der Waals surface area contributed by atoms with E-state index in [1.807, 2.05) is 61.5 Å². The highest BCUT2D eigenvalue weighted by Gasteiger charge is 2.07. The van der Waals surface area contributed by atoms with Crippen molar-refractivity contribution in [1.29, 1.82) is 0 Å². The van der Waals surface area contributed by atoms with Gasteiger partial charge in [-0.2, -0.15) is 4.80 Å². The van der Waals surface area contributed by atoms with Crippen LogP contribution < -0.4 is 5.32 Å². The lowest BCUT2D eigenvalue weighted by Crippen LogP contribution is -2.26. The first-order chi connectivity index (χ1) is 10.5. The fraction of sp³-hybridized carbons (Fsp3) is 0.133. The molecule has 0 unspecified atom stereocenters. The Hall–Kier alpha value is -2.18. The Labute approximate surface area is 138 Å². The van der Waals surface area contributed by atoms with Gasteiger partial charge in [0, 0.05) is 24.8 Å². The number of nitrogens with one attached hydrogen (secondary N) is 1. The van der Waals surface area contributed by atoms with Gasteiger partial charge in [-0.3, -0.25) is 0 Å². The average molecular weight is 332 g/mol. The lowest BCUT2D eigenvalue weighted by molar-refractivity contribution is 0.634. The van der Waals surface area contributed by atoms with E-state index >= 15 is 0 Å². The summed E-state index contributed by atoms with van der Waals surface area (Å²) in [6, 6.07) is 13.1. The zero-order valence-electron chi connectivity index (χ0n) is 12.1. The number of anilines is 1. The molecule has 1 heterocycles. The summed E-state index contributed by atoms with van der Waals surface area (Å²) in [6.45, 7) is 0. The Bertz CT molecular complexity index is 826. The highest BCUT2D eigenvalue weighted by atomic mass is 35.5. The lowest BCUT2D eigenvalue weighted by Gasteiger charge is -2.15. The SMILES string of the molecule is CN(C)C(=S)Nc1ccc2nn(-c3ccc(Cl)cc3)nc2c1. The molecule has 0 bridgehead atoms. The molecule has 0 aliphatic rings. The van der Waals surface area contributed by atoms with Crippen LogP contribution in [0.15, 0.2) is 42.5 Å². The monoisotopic (exact) mass is 331 g/mol. The van der Waals surface area contributed by atoms with Gasteiger partial charge in [0.05, 0.1) is 5.69 Å². The molecular formula is C15H14ClN5S. The molecular weight excluding hydrogens is 318 g/mol. The normalized spacial score (nSPS) is 10.7. The first-order valence-corrected chi connectivity index (χ1v) is 7.43. The predicted molar refractivity (Wildman–Crippen MR) is 93.8 cm³/mol. The van der Waals surface area contributed by atoms with E-state index in [0.29, 0.717) is 10.1 Å². The van der Waals surface area contributed by atoms with Crippen LogP contribution in [0.3, 0.4) is 0 Å². The van der Waals surface area contributed by atoms with Gasteiger partial charge in [0.15, 0.2) is 5.11 Å². The third-order valence-electron chi connectivity index (χ3n) is 3.10. The van der Waals surface area contributed by atoms with Gasteiger partial charge in [0.1, 0.15) is 11.0 Å². The van der Waals surface area contributed by atoms with Gasteiger partial charge >= 0.3 is 0 Å².